The van der Waals surface area contributed by atoms with Crippen molar-refractivity contribution in [3.63, 3.8) is 0 Å². The smallest absolute Gasteiger partial charge is 0.271 e. The molecule has 1 aromatic heterocycles. The quantitative estimate of drug-likeness (QED) is 0.894. The fourth-order valence-electron chi connectivity index (χ4n) is 1.60. The van der Waals surface area contributed by atoms with E-state index in [2.05, 4.69) is 41.3 Å². The molecule has 0 fully saturated rings. The maximum atomic E-state index is 11.8. The maximum Gasteiger partial charge on any atom is 0.271 e. The van der Waals surface area contributed by atoms with E-state index in [0.29, 0.717) is 12.2 Å². The summed E-state index contributed by atoms with van der Waals surface area (Å²) in [4.78, 5) is 19.6. The normalized spacial score (nSPS) is 10.1. The van der Waals surface area contributed by atoms with Crippen LogP contribution >= 0.6 is 0 Å². The highest BCUT2D eigenvalue weighted by atomic mass is 16.1. The number of aryl methyl sites for hydroxylation is 2. The summed E-state index contributed by atoms with van der Waals surface area (Å²) in [6.45, 7) is 4.62. The van der Waals surface area contributed by atoms with Crippen LogP contribution in [0.2, 0.25) is 0 Å². The number of amides is 1. The van der Waals surface area contributed by atoms with E-state index in [1.807, 2.05) is 6.07 Å². The van der Waals surface area contributed by atoms with Crippen molar-refractivity contribution in [3.05, 3.63) is 59.2 Å². The molecule has 0 spiro atoms. The van der Waals surface area contributed by atoms with E-state index in [4.69, 9.17) is 0 Å². The zero-order chi connectivity index (χ0) is 13.0. The van der Waals surface area contributed by atoms with Crippen molar-refractivity contribution in [1.29, 1.82) is 0 Å². The van der Waals surface area contributed by atoms with E-state index < -0.39 is 0 Å². The molecule has 0 aliphatic rings. The first kappa shape index (κ1) is 12.2. The summed E-state index contributed by atoms with van der Waals surface area (Å²) < 4.78 is 0. The lowest BCUT2D eigenvalue weighted by Crippen LogP contribution is -2.23. The molecule has 2 rings (SSSR count). The Bertz CT molecular complexity index is 552. The van der Waals surface area contributed by atoms with Crippen molar-refractivity contribution in [2.24, 2.45) is 0 Å². The second-order valence-corrected chi connectivity index (χ2v) is 4.19. The largest absolute Gasteiger partial charge is 0.347 e. The maximum absolute atomic E-state index is 11.8. The molecule has 4 heteroatoms. The number of carbonyl (C=O) groups is 1. The first-order valence-corrected chi connectivity index (χ1v) is 5.77. The predicted octanol–water partition coefficient (Wildman–Crippen LogP) is 2.02. The number of hydrogen-bond donors (Lipinski definition) is 1. The zero-order valence-corrected chi connectivity index (χ0v) is 10.5. The van der Waals surface area contributed by atoms with Crippen LogP contribution in [0.1, 0.15) is 27.2 Å². The molecule has 0 radical (unpaired) electrons. The predicted molar refractivity (Wildman–Crippen MR) is 69.1 cm³/mol. The molecule has 2 aromatic rings. The monoisotopic (exact) mass is 241 g/mol. The van der Waals surface area contributed by atoms with Gasteiger partial charge in [0.05, 0.1) is 6.20 Å². The Morgan fingerprint density at radius 3 is 2.72 bits per heavy atom. The van der Waals surface area contributed by atoms with Crippen LogP contribution < -0.4 is 5.32 Å². The molecular weight excluding hydrogens is 226 g/mol. The summed E-state index contributed by atoms with van der Waals surface area (Å²) in [5.74, 6) is -0.207. The molecule has 0 saturated carbocycles. The van der Waals surface area contributed by atoms with Crippen molar-refractivity contribution >= 4 is 5.91 Å². The molecule has 0 aliphatic carbocycles. The van der Waals surface area contributed by atoms with Crippen LogP contribution in [0, 0.1) is 13.8 Å². The number of aromatic nitrogens is 2. The van der Waals surface area contributed by atoms with E-state index in [9.17, 15) is 4.79 Å². The van der Waals surface area contributed by atoms with E-state index in [1.165, 1.54) is 23.5 Å². The van der Waals surface area contributed by atoms with Gasteiger partial charge in [-0.3, -0.25) is 9.78 Å². The van der Waals surface area contributed by atoms with Crippen LogP contribution in [-0.2, 0) is 6.54 Å². The molecule has 4 nitrogen and oxygen atoms in total. The molecule has 0 saturated heterocycles. The van der Waals surface area contributed by atoms with Crippen molar-refractivity contribution in [1.82, 2.24) is 15.3 Å². The first-order chi connectivity index (χ1) is 8.66. The number of hydrogen-bond acceptors (Lipinski definition) is 3. The van der Waals surface area contributed by atoms with Gasteiger partial charge in [0.15, 0.2) is 0 Å². The van der Waals surface area contributed by atoms with Crippen LogP contribution in [-0.4, -0.2) is 15.9 Å². The summed E-state index contributed by atoms with van der Waals surface area (Å²) in [6.07, 6.45) is 4.50. The van der Waals surface area contributed by atoms with Crippen molar-refractivity contribution in [2.45, 2.75) is 20.4 Å². The van der Waals surface area contributed by atoms with Gasteiger partial charge in [-0.25, -0.2) is 4.98 Å². The topological polar surface area (TPSA) is 54.9 Å². The fraction of sp³-hybridized carbons (Fsp3) is 0.214. The Morgan fingerprint density at radius 2 is 2.06 bits per heavy atom. The molecule has 0 atom stereocenters. The highest BCUT2D eigenvalue weighted by molar-refractivity contribution is 5.91. The molecule has 0 bridgehead atoms. The molecule has 1 N–H and O–H groups in total. The SMILES string of the molecule is Cc1ccc(CNC(=O)c2cnccn2)cc1C. The van der Waals surface area contributed by atoms with Gasteiger partial charge in [-0.1, -0.05) is 18.2 Å². The number of nitrogens with zero attached hydrogens (tertiary/aromatic N) is 2. The van der Waals surface area contributed by atoms with Crippen molar-refractivity contribution < 1.29 is 4.79 Å². The second-order valence-electron chi connectivity index (χ2n) is 4.19. The summed E-state index contributed by atoms with van der Waals surface area (Å²) in [5, 5.41) is 2.82. The second kappa shape index (κ2) is 5.40. The number of rotatable bonds is 3. The lowest BCUT2D eigenvalue weighted by Gasteiger charge is -2.07. The Labute approximate surface area is 106 Å². The lowest BCUT2D eigenvalue weighted by molar-refractivity contribution is 0.0945. The van der Waals surface area contributed by atoms with Gasteiger partial charge in [0.2, 0.25) is 0 Å². The molecule has 1 heterocycles. The zero-order valence-electron chi connectivity index (χ0n) is 10.5. The minimum Gasteiger partial charge on any atom is -0.347 e. The van der Waals surface area contributed by atoms with Crippen molar-refractivity contribution in [2.75, 3.05) is 0 Å². The third kappa shape index (κ3) is 2.91. The fourth-order valence-corrected chi connectivity index (χ4v) is 1.60. The van der Waals surface area contributed by atoms with Gasteiger partial charge >= 0.3 is 0 Å². The van der Waals surface area contributed by atoms with Gasteiger partial charge in [-0.15, -0.1) is 0 Å². The van der Waals surface area contributed by atoms with Gasteiger partial charge < -0.3 is 5.32 Å². The van der Waals surface area contributed by atoms with Crippen LogP contribution in [0.5, 0.6) is 0 Å². The minimum atomic E-state index is -0.207. The Balaban J connectivity index is 1.99. The summed E-state index contributed by atoms with van der Waals surface area (Å²) in [5.41, 5.74) is 3.89. The molecular formula is C14H15N3O. The van der Waals surface area contributed by atoms with E-state index >= 15 is 0 Å². The molecule has 1 aromatic carbocycles. The van der Waals surface area contributed by atoms with Crippen LogP contribution in [0.3, 0.4) is 0 Å². The van der Waals surface area contributed by atoms with E-state index in [1.54, 1.807) is 6.20 Å². The van der Waals surface area contributed by atoms with Gasteiger partial charge in [0, 0.05) is 18.9 Å². The highest BCUT2D eigenvalue weighted by Crippen LogP contribution is 2.09. The standard InChI is InChI=1S/C14H15N3O/c1-10-3-4-12(7-11(10)2)8-17-14(18)13-9-15-5-6-16-13/h3-7,9H,8H2,1-2H3,(H,17,18). The summed E-state index contributed by atoms with van der Waals surface area (Å²) >= 11 is 0. The average Bonchev–Trinajstić information content (AvgIpc) is 2.41. The first-order valence-electron chi connectivity index (χ1n) is 5.77. The third-order valence-corrected chi connectivity index (χ3v) is 2.82. The summed E-state index contributed by atoms with van der Waals surface area (Å²) in [7, 11) is 0. The molecule has 0 unspecified atom stereocenters. The molecule has 1 amide bonds. The molecule has 0 aliphatic heterocycles. The number of nitrogens with one attached hydrogen (secondary N) is 1. The van der Waals surface area contributed by atoms with Crippen LogP contribution in [0.4, 0.5) is 0 Å². The minimum absolute atomic E-state index is 0.207. The average molecular weight is 241 g/mol. The van der Waals surface area contributed by atoms with Crippen LogP contribution in [0.25, 0.3) is 0 Å². The third-order valence-electron chi connectivity index (χ3n) is 2.82. The number of benzene rings is 1. The van der Waals surface area contributed by atoms with Crippen LogP contribution in [0.15, 0.2) is 36.8 Å². The highest BCUT2D eigenvalue weighted by Gasteiger charge is 2.06. The van der Waals surface area contributed by atoms with E-state index in [-0.39, 0.29) is 5.91 Å². The molecule has 92 valence electrons. The number of carbonyl (C=O) groups excluding carboxylic acids is 1. The lowest BCUT2D eigenvalue weighted by atomic mass is 10.1. The molecule has 18 heavy (non-hydrogen) atoms. The van der Waals surface area contributed by atoms with Gasteiger partial charge in [0.1, 0.15) is 5.69 Å². The Kier molecular flexibility index (Phi) is 3.67. The van der Waals surface area contributed by atoms with Gasteiger partial charge in [0.25, 0.3) is 5.91 Å². The Morgan fingerprint density at radius 1 is 1.22 bits per heavy atom. The Hall–Kier alpha value is -2.23. The van der Waals surface area contributed by atoms with Gasteiger partial charge in [-0.05, 0) is 30.5 Å². The summed E-state index contributed by atoms with van der Waals surface area (Å²) in [6, 6.07) is 6.14. The van der Waals surface area contributed by atoms with Gasteiger partial charge in [-0.2, -0.15) is 0 Å². The van der Waals surface area contributed by atoms with E-state index in [0.717, 1.165) is 5.56 Å². The van der Waals surface area contributed by atoms with Crippen molar-refractivity contribution in [3.8, 4) is 0 Å².